The summed E-state index contributed by atoms with van der Waals surface area (Å²) in [5, 5.41) is 2.17. The Morgan fingerprint density at radius 2 is 1.83 bits per heavy atom. The van der Waals surface area contributed by atoms with Gasteiger partial charge in [-0.3, -0.25) is 9.59 Å². The SMILES string of the molecule is CC[C@@H](C(=O)OCC(=O)Nc1cc(F)ccc1F)c1ccccc1. The molecule has 1 atom stereocenters. The lowest BCUT2D eigenvalue weighted by Crippen LogP contribution is -2.24. The van der Waals surface area contributed by atoms with E-state index in [1.807, 2.05) is 25.1 Å². The molecular formula is C18H17F2NO3. The number of anilines is 1. The van der Waals surface area contributed by atoms with E-state index in [4.69, 9.17) is 4.74 Å². The van der Waals surface area contributed by atoms with Crippen molar-refractivity contribution in [2.45, 2.75) is 19.3 Å². The maximum Gasteiger partial charge on any atom is 0.313 e. The second-order valence-corrected chi connectivity index (χ2v) is 5.15. The molecule has 0 bridgehead atoms. The largest absolute Gasteiger partial charge is 0.455 e. The molecular weight excluding hydrogens is 316 g/mol. The minimum Gasteiger partial charge on any atom is -0.455 e. The third-order valence-corrected chi connectivity index (χ3v) is 3.44. The van der Waals surface area contributed by atoms with Crippen LogP contribution in [0.1, 0.15) is 24.8 Å². The number of amides is 1. The number of rotatable bonds is 6. The van der Waals surface area contributed by atoms with Crippen molar-refractivity contribution in [3.8, 4) is 0 Å². The molecule has 0 aliphatic rings. The van der Waals surface area contributed by atoms with Crippen molar-refractivity contribution >= 4 is 17.6 Å². The molecule has 0 saturated heterocycles. The molecule has 0 aliphatic heterocycles. The summed E-state index contributed by atoms with van der Waals surface area (Å²) in [6, 6.07) is 11.8. The average molecular weight is 333 g/mol. The van der Waals surface area contributed by atoms with Gasteiger partial charge >= 0.3 is 5.97 Å². The van der Waals surface area contributed by atoms with Crippen molar-refractivity contribution in [1.82, 2.24) is 0 Å². The highest BCUT2D eigenvalue weighted by Crippen LogP contribution is 2.21. The molecule has 0 heterocycles. The molecule has 6 heteroatoms. The third-order valence-electron chi connectivity index (χ3n) is 3.44. The van der Waals surface area contributed by atoms with Crippen LogP contribution in [0.2, 0.25) is 0 Å². The van der Waals surface area contributed by atoms with Crippen LogP contribution in [-0.2, 0) is 14.3 Å². The first kappa shape index (κ1) is 17.6. The summed E-state index contributed by atoms with van der Waals surface area (Å²) < 4.78 is 31.5. The molecule has 0 saturated carbocycles. The topological polar surface area (TPSA) is 55.4 Å². The molecule has 126 valence electrons. The van der Waals surface area contributed by atoms with E-state index in [1.165, 1.54) is 0 Å². The maximum absolute atomic E-state index is 13.4. The second kappa shape index (κ2) is 8.19. The third kappa shape index (κ3) is 4.62. The van der Waals surface area contributed by atoms with Gasteiger partial charge in [0.25, 0.3) is 5.91 Å². The molecule has 0 radical (unpaired) electrons. The molecule has 4 nitrogen and oxygen atoms in total. The summed E-state index contributed by atoms with van der Waals surface area (Å²) in [6.07, 6.45) is 0.517. The monoisotopic (exact) mass is 333 g/mol. The summed E-state index contributed by atoms with van der Waals surface area (Å²) >= 11 is 0. The van der Waals surface area contributed by atoms with Crippen molar-refractivity contribution in [2.24, 2.45) is 0 Å². The van der Waals surface area contributed by atoms with E-state index in [9.17, 15) is 18.4 Å². The molecule has 0 unspecified atom stereocenters. The van der Waals surface area contributed by atoms with Gasteiger partial charge in [0.2, 0.25) is 0 Å². The fourth-order valence-corrected chi connectivity index (χ4v) is 2.24. The van der Waals surface area contributed by atoms with Gasteiger partial charge in [0.15, 0.2) is 6.61 Å². The van der Waals surface area contributed by atoms with E-state index in [-0.39, 0.29) is 5.69 Å². The van der Waals surface area contributed by atoms with Crippen LogP contribution in [0.4, 0.5) is 14.5 Å². The van der Waals surface area contributed by atoms with Crippen molar-refractivity contribution < 1.29 is 23.1 Å². The Labute approximate surface area is 138 Å². The Morgan fingerprint density at radius 3 is 2.50 bits per heavy atom. The minimum atomic E-state index is -0.771. The fraction of sp³-hybridized carbons (Fsp3) is 0.222. The van der Waals surface area contributed by atoms with Gasteiger partial charge in [-0.15, -0.1) is 0 Å². The van der Waals surface area contributed by atoms with Gasteiger partial charge < -0.3 is 10.1 Å². The summed E-state index contributed by atoms with van der Waals surface area (Å²) in [5.74, 6) is -3.22. The molecule has 0 fully saturated rings. The van der Waals surface area contributed by atoms with Gasteiger partial charge in [0, 0.05) is 6.07 Å². The van der Waals surface area contributed by atoms with E-state index >= 15 is 0 Å². The smallest absolute Gasteiger partial charge is 0.313 e. The van der Waals surface area contributed by atoms with Crippen molar-refractivity contribution in [2.75, 3.05) is 11.9 Å². The van der Waals surface area contributed by atoms with Gasteiger partial charge in [-0.1, -0.05) is 37.3 Å². The fourth-order valence-electron chi connectivity index (χ4n) is 2.24. The first-order valence-electron chi connectivity index (χ1n) is 7.47. The Kier molecular flexibility index (Phi) is 6.01. The Bertz CT molecular complexity index is 719. The van der Waals surface area contributed by atoms with Gasteiger partial charge in [0.05, 0.1) is 11.6 Å². The number of halogens is 2. The zero-order valence-electron chi connectivity index (χ0n) is 13.1. The lowest BCUT2D eigenvalue weighted by Gasteiger charge is -2.14. The first-order valence-corrected chi connectivity index (χ1v) is 7.47. The lowest BCUT2D eigenvalue weighted by molar-refractivity contribution is -0.149. The van der Waals surface area contributed by atoms with Crippen molar-refractivity contribution in [1.29, 1.82) is 0 Å². The van der Waals surface area contributed by atoms with E-state index in [0.717, 1.165) is 23.8 Å². The normalized spacial score (nSPS) is 11.6. The van der Waals surface area contributed by atoms with Crippen LogP contribution in [-0.4, -0.2) is 18.5 Å². The zero-order valence-corrected chi connectivity index (χ0v) is 13.1. The molecule has 0 aliphatic carbocycles. The summed E-state index contributed by atoms with van der Waals surface area (Å²) in [7, 11) is 0. The van der Waals surface area contributed by atoms with E-state index in [1.54, 1.807) is 12.1 Å². The van der Waals surface area contributed by atoms with Gasteiger partial charge in [-0.25, -0.2) is 8.78 Å². The average Bonchev–Trinajstić information content (AvgIpc) is 2.58. The minimum absolute atomic E-state index is 0.300. The quantitative estimate of drug-likeness (QED) is 0.821. The second-order valence-electron chi connectivity index (χ2n) is 5.15. The van der Waals surface area contributed by atoms with E-state index in [2.05, 4.69) is 5.32 Å². The van der Waals surface area contributed by atoms with Gasteiger partial charge in [-0.2, -0.15) is 0 Å². The van der Waals surface area contributed by atoms with Crippen LogP contribution in [0.3, 0.4) is 0 Å². The van der Waals surface area contributed by atoms with Crippen LogP contribution in [0.15, 0.2) is 48.5 Å². The van der Waals surface area contributed by atoms with E-state index < -0.39 is 36.0 Å². The summed E-state index contributed by atoms with van der Waals surface area (Å²) in [4.78, 5) is 23.9. The molecule has 1 amide bonds. The predicted octanol–water partition coefficient (Wildman–Crippen LogP) is 3.64. The Hall–Kier alpha value is -2.76. The highest BCUT2D eigenvalue weighted by atomic mass is 19.1. The Morgan fingerprint density at radius 1 is 1.12 bits per heavy atom. The van der Waals surface area contributed by atoms with Crippen LogP contribution in [0.25, 0.3) is 0 Å². The first-order chi connectivity index (χ1) is 11.5. The van der Waals surface area contributed by atoms with E-state index in [0.29, 0.717) is 6.42 Å². The molecule has 2 aromatic carbocycles. The predicted molar refractivity (Wildman–Crippen MR) is 85.4 cm³/mol. The number of benzene rings is 2. The zero-order chi connectivity index (χ0) is 17.5. The number of nitrogens with one attached hydrogen (secondary N) is 1. The number of carbonyl (C=O) groups is 2. The molecule has 0 aromatic heterocycles. The lowest BCUT2D eigenvalue weighted by atomic mass is 9.97. The molecule has 2 aromatic rings. The van der Waals surface area contributed by atoms with Gasteiger partial charge in [-0.05, 0) is 24.1 Å². The number of hydrogen-bond acceptors (Lipinski definition) is 3. The number of esters is 1. The van der Waals surface area contributed by atoms with Gasteiger partial charge in [0.1, 0.15) is 11.6 Å². The molecule has 0 spiro atoms. The molecule has 24 heavy (non-hydrogen) atoms. The van der Waals surface area contributed by atoms with Crippen molar-refractivity contribution in [3.05, 3.63) is 65.7 Å². The molecule has 2 rings (SSSR count). The van der Waals surface area contributed by atoms with Crippen molar-refractivity contribution in [3.63, 3.8) is 0 Å². The van der Waals surface area contributed by atoms with Crippen LogP contribution in [0.5, 0.6) is 0 Å². The maximum atomic E-state index is 13.4. The highest BCUT2D eigenvalue weighted by Gasteiger charge is 2.21. The number of hydrogen-bond donors (Lipinski definition) is 1. The number of carbonyl (C=O) groups excluding carboxylic acids is 2. The summed E-state index contributed by atoms with van der Waals surface area (Å²) in [6.45, 7) is 1.26. The van der Waals surface area contributed by atoms with Crippen LogP contribution in [0, 0.1) is 11.6 Å². The molecule has 1 N–H and O–H groups in total. The highest BCUT2D eigenvalue weighted by molar-refractivity contribution is 5.93. The van der Waals surface area contributed by atoms with Crippen LogP contribution >= 0.6 is 0 Å². The number of ether oxygens (including phenoxy) is 1. The standard InChI is InChI=1S/C18H17F2NO3/c1-2-14(12-6-4-3-5-7-12)18(23)24-11-17(22)21-16-10-13(19)8-9-15(16)20/h3-10,14H,2,11H2,1H3,(H,21,22)/t14-/m1/s1. The van der Waals surface area contributed by atoms with Crippen LogP contribution < -0.4 is 5.32 Å². The Balaban J connectivity index is 1.93. The summed E-state index contributed by atoms with van der Waals surface area (Å²) in [5.41, 5.74) is 0.493.